The Balaban J connectivity index is 1.69. The number of nitrogens with two attached hydrogens (primary N) is 1. The van der Waals surface area contributed by atoms with Gasteiger partial charge < -0.3 is 10.5 Å². The fourth-order valence-corrected chi connectivity index (χ4v) is 3.99. The largest absolute Gasteiger partial charge is 0.497 e. The third-order valence-electron chi connectivity index (χ3n) is 5.08. The highest BCUT2D eigenvalue weighted by molar-refractivity contribution is 5.51. The van der Waals surface area contributed by atoms with E-state index < -0.39 is 0 Å². The van der Waals surface area contributed by atoms with Crippen LogP contribution in [-0.4, -0.2) is 24.6 Å². The van der Waals surface area contributed by atoms with Gasteiger partial charge >= 0.3 is 0 Å². The summed E-state index contributed by atoms with van der Waals surface area (Å²) in [6, 6.07) is 6.87. The van der Waals surface area contributed by atoms with Crippen molar-refractivity contribution in [1.29, 1.82) is 0 Å². The first-order chi connectivity index (χ1) is 9.78. The molecule has 1 unspecified atom stereocenters. The Morgan fingerprint density at radius 2 is 2.00 bits per heavy atom. The number of benzene rings is 1. The van der Waals surface area contributed by atoms with Crippen LogP contribution in [0.15, 0.2) is 18.2 Å². The predicted molar refractivity (Wildman–Crippen MR) is 82.8 cm³/mol. The number of ether oxygens (including phenoxy) is 1. The number of methoxy groups -OCH3 is 1. The third kappa shape index (κ3) is 2.78. The molecule has 1 atom stereocenters. The molecular formula is C17H26N2O. The van der Waals surface area contributed by atoms with Crippen LogP contribution in [0.4, 0.5) is 5.69 Å². The molecule has 1 saturated carbocycles. The van der Waals surface area contributed by atoms with Gasteiger partial charge in [0.2, 0.25) is 0 Å². The van der Waals surface area contributed by atoms with Gasteiger partial charge in [0.15, 0.2) is 0 Å². The highest BCUT2D eigenvalue weighted by Crippen LogP contribution is 2.36. The molecule has 1 aliphatic heterocycles. The smallest absolute Gasteiger partial charge is 0.120 e. The topological polar surface area (TPSA) is 38.5 Å². The lowest BCUT2D eigenvalue weighted by Gasteiger charge is -2.29. The van der Waals surface area contributed by atoms with Gasteiger partial charge in [-0.2, -0.15) is 0 Å². The van der Waals surface area contributed by atoms with Crippen LogP contribution in [0.2, 0.25) is 0 Å². The van der Waals surface area contributed by atoms with Crippen LogP contribution in [0.3, 0.4) is 0 Å². The number of nitrogen functional groups attached to an aromatic ring is 1. The van der Waals surface area contributed by atoms with Crippen molar-refractivity contribution in [2.24, 2.45) is 5.92 Å². The van der Waals surface area contributed by atoms with Crippen molar-refractivity contribution in [3.8, 4) is 5.75 Å². The zero-order valence-electron chi connectivity index (χ0n) is 12.5. The Kier molecular flexibility index (Phi) is 4.16. The van der Waals surface area contributed by atoms with E-state index in [2.05, 4.69) is 11.0 Å². The average Bonchev–Trinajstić information content (AvgIpc) is 3.11. The molecule has 1 heterocycles. The Bertz CT molecular complexity index is 454. The SMILES string of the molecule is COc1ccc(CN2CCCC2C2CCCC2)c(N)c1. The van der Waals surface area contributed by atoms with E-state index in [-0.39, 0.29) is 0 Å². The lowest BCUT2D eigenvalue weighted by atomic mass is 9.95. The summed E-state index contributed by atoms with van der Waals surface area (Å²) in [5, 5.41) is 0. The zero-order chi connectivity index (χ0) is 13.9. The molecule has 2 fully saturated rings. The number of hydrogen-bond donors (Lipinski definition) is 1. The molecule has 1 aromatic rings. The van der Waals surface area contributed by atoms with Gasteiger partial charge in [-0.3, -0.25) is 4.90 Å². The number of likely N-dealkylation sites (tertiary alicyclic amines) is 1. The maximum atomic E-state index is 6.17. The van der Waals surface area contributed by atoms with Crippen LogP contribution in [0.5, 0.6) is 5.75 Å². The zero-order valence-corrected chi connectivity index (χ0v) is 12.5. The summed E-state index contributed by atoms with van der Waals surface area (Å²) in [4.78, 5) is 2.66. The molecular weight excluding hydrogens is 248 g/mol. The molecule has 2 aliphatic rings. The fraction of sp³-hybridized carbons (Fsp3) is 0.647. The lowest BCUT2D eigenvalue weighted by Crippen LogP contribution is -2.34. The van der Waals surface area contributed by atoms with Crippen molar-refractivity contribution >= 4 is 5.69 Å². The molecule has 3 rings (SSSR count). The highest BCUT2D eigenvalue weighted by atomic mass is 16.5. The van der Waals surface area contributed by atoms with E-state index in [1.165, 1.54) is 50.6 Å². The number of anilines is 1. The first-order valence-corrected chi connectivity index (χ1v) is 7.94. The minimum Gasteiger partial charge on any atom is -0.497 e. The molecule has 0 radical (unpaired) electrons. The van der Waals surface area contributed by atoms with Crippen LogP contribution in [-0.2, 0) is 6.54 Å². The third-order valence-corrected chi connectivity index (χ3v) is 5.08. The van der Waals surface area contributed by atoms with Crippen LogP contribution in [0, 0.1) is 5.92 Å². The van der Waals surface area contributed by atoms with E-state index in [0.29, 0.717) is 0 Å². The Morgan fingerprint density at radius 1 is 1.20 bits per heavy atom. The fourth-order valence-electron chi connectivity index (χ4n) is 3.99. The summed E-state index contributed by atoms with van der Waals surface area (Å²) < 4.78 is 5.23. The maximum Gasteiger partial charge on any atom is 0.120 e. The average molecular weight is 274 g/mol. The summed E-state index contributed by atoms with van der Waals surface area (Å²) in [5.41, 5.74) is 8.28. The maximum absolute atomic E-state index is 6.17. The van der Waals surface area contributed by atoms with Crippen molar-refractivity contribution in [1.82, 2.24) is 4.90 Å². The summed E-state index contributed by atoms with van der Waals surface area (Å²) in [5.74, 6) is 1.77. The normalized spacial score (nSPS) is 24.4. The second-order valence-corrected chi connectivity index (χ2v) is 6.29. The second-order valence-electron chi connectivity index (χ2n) is 6.29. The van der Waals surface area contributed by atoms with Gasteiger partial charge in [0.1, 0.15) is 5.75 Å². The minimum absolute atomic E-state index is 0.791. The summed E-state index contributed by atoms with van der Waals surface area (Å²) in [6.07, 6.45) is 8.44. The first kappa shape index (κ1) is 13.7. The van der Waals surface area contributed by atoms with Crippen molar-refractivity contribution < 1.29 is 4.74 Å². The highest BCUT2D eigenvalue weighted by Gasteiger charge is 2.33. The molecule has 0 spiro atoms. The molecule has 1 aromatic carbocycles. The summed E-state index contributed by atoms with van der Waals surface area (Å²) in [6.45, 7) is 2.23. The Morgan fingerprint density at radius 3 is 2.70 bits per heavy atom. The Hall–Kier alpha value is -1.22. The van der Waals surface area contributed by atoms with Gasteiger partial charge in [-0.1, -0.05) is 18.9 Å². The van der Waals surface area contributed by atoms with Gasteiger partial charge in [-0.25, -0.2) is 0 Å². The van der Waals surface area contributed by atoms with Crippen LogP contribution in [0.1, 0.15) is 44.1 Å². The van der Waals surface area contributed by atoms with Crippen LogP contribution >= 0.6 is 0 Å². The van der Waals surface area contributed by atoms with Crippen molar-refractivity contribution in [2.75, 3.05) is 19.4 Å². The van der Waals surface area contributed by atoms with Crippen molar-refractivity contribution in [3.63, 3.8) is 0 Å². The van der Waals surface area contributed by atoms with Gasteiger partial charge in [0, 0.05) is 24.3 Å². The van der Waals surface area contributed by atoms with E-state index in [9.17, 15) is 0 Å². The van der Waals surface area contributed by atoms with E-state index in [1.54, 1.807) is 7.11 Å². The molecule has 1 saturated heterocycles. The molecule has 20 heavy (non-hydrogen) atoms. The minimum atomic E-state index is 0.791. The van der Waals surface area contributed by atoms with Crippen molar-refractivity contribution in [3.05, 3.63) is 23.8 Å². The van der Waals surface area contributed by atoms with Crippen molar-refractivity contribution in [2.45, 2.75) is 51.1 Å². The first-order valence-electron chi connectivity index (χ1n) is 7.94. The molecule has 0 amide bonds. The molecule has 0 aromatic heterocycles. The summed E-state index contributed by atoms with van der Waals surface area (Å²) in [7, 11) is 1.69. The van der Waals surface area contributed by atoms with E-state index in [0.717, 1.165) is 29.9 Å². The molecule has 3 heteroatoms. The number of hydrogen-bond acceptors (Lipinski definition) is 3. The Labute approximate surface area is 122 Å². The van der Waals surface area contributed by atoms with Crippen LogP contribution in [0.25, 0.3) is 0 Å². The standard InChI is InChI=1S/C17H26N2O/c1-20-15-9-8-14(16(18)11-15)12-19-10-4-7-17(19)13-5-2-3-6-13/h8-9,11,13,17H,2-7,10,12,18H2,1H3. The van der Waals surface area contributed by atoms with E-state index in [1.807, 2.05) is 12.1 Å². The predicted octanol–water partition coefficient (Wildman–Crippen LogP) is 3.43. The van der Waals surface area contributed by atoms with Gasteiger partial charge in [-0.05, 0) is 49.8 Å². The monoisotopic (exact) mass is 274 g/mol. The molecule has 2 N–H and O–H groups in total. The van der Waals surface area contributed by atoms with E-state index in [4.69, 9.17) is 10.5 Å². The molecule has 110 valence electrons. The van der Waals surface area contributed by atoms with Gasteiger partial charge in [0.05, 0.1) is 7.11 Å². The molecule has 1 aliphatic carbocycles. The lowest BCUT2D eigenvalue weighted by molar-refractivity contribution is 0.183. The number of nitrogens with zero attached hydrogens (tertiary/aromatic N) is 1. The quantitative estimate of drug-likeness (QED) is 0.855. The molecule has 0 bridgehead atoms. The summed E-state index contributed by atoms with van der Waals surface area (Å²) >= 11 is 0. The van der Waals surface area contributed by atoms with Crippen LogP contribution < -0.4 is 10.5 Å². The molecule has 3 nitrogen and oxygen atoms in total. The second kappa shape index (κ2) is 6.04. The number of rotatable bonds is 4. The van der Waals surface area contributed by atoms with Gasteiger partial charge in [-0.15, -0.1) is 0 Å². The van der Waals surface area contributed by atoms with E-state index >= 15 is 0 Å². The van der Waals surface area contributed by atoms with Gasteiger partial charge in [0.25, 0.3) is 0 Å².